The largest absolute Gasteiger partial charge is 0.462 e. The molecule has 0 aliphatic carbocycles. The van der Waals surface area contributed by atoms with Crippen LogP contribution in [0.2, 0.25) is 0 Å². The highest BCUT2D eigenvalue weighted by molar-refractivity contribution is 5.97. The zero-order valence-electron chi connectivity index (χ0n) is 27.8. The van der Waals surface area contributed by atoms with Gasteiger partial charge in [0.15, 0.2) is 29.8 Å². The summed E-state index contributed by atoms with van der Waals surface area (Å²) in [6.07, 6.45) is -3.41. The summed E-state index contributed by atoms with van der Waals surface area (Å²) in [6.45, 7) is 15.1. The molecule has 0 spiro atoms. The highest BCUT2D eigenvalue weighted by atomic mass is 16.9. The molecule has 1 aromatic carbocycles. The minimum absolute atomic E-state index is 0.0816. The lowest BCUT2D eigenvalue weighted by Gasteiger charge is -2.37. The van der Waals surface area contributed by atoms with Gasteiger partial charge in [0.1, 0.15) is 49.7 Å². The molecular formula is C33H48O12. The smallest absolute Gasteiger partial charge is 0.335 e. The predicted molar refractivity (Wildman–Crippen MR) is 159 cm³/mol. The zero-order chi connectivity index (χ0) is 33.2. The van der Waals surface area contributed by atoms with Crippen LogP contribution in [0.4, 0.5) is 0 Å². The Labute approximate surface area is 265 Å². The van der Waals surface area contributed by atoms with Gasteiger partial charge in [-0.05, 0) is 61.8 Å². The van der Waals surface area contributed by atoms with Crippen LogP contribution in [0, 0.1) is 5.41 Å². The third-order valence-electron chi connectivity index (χ3n) is 8.18. The van der Waals surface area contributed by atoms with Crippen LogP contribution < -0.4 is 0 Å². The second kappa shape index (κ2) is 13.7. The van der Waals surface area contributed by atoms with Crippen LogP contribution in [0.15, 0.2) is 30.3 Å². The van der Waals surface area contributed by atoms with E-state index in [9.17, 15) is 14.4 Å². The summed E-state index contributed by atoms with van der Waals surface area (Å²) in [7, 11) is 0. The fraction of sp³-hybridized carbons (Fsp3) is 0.727. The van der Waals surface area contributed by atoms with Crippen LogP contribution >= 0.6 is 0 Å². The minimum Gasteiger partial charge on any atom is -0.462 e. The van der Waals surface area contributed by atoms with E-state index in [2.05, 4.69) is 0 Å². The van der Waals surface area contributed by atoms with Crippen LogP contribution in [-0.2, 0) is 52.2 Å². The SMILES string of the molecule is CCC(C)(C)OCC(C)(COC(=O)C(C)OCC(=O)c1ccccc1)C(=O)OCC1OC2OC(C)(C)O[C@H]2C2OC(C)(C)OC12. The van der Waals surface area contributed by atoms with Crippen molar-refractivity contribution in [3.05, 3.63) is 35.9 Å². The quantitative estimate of drug-likeness (QED) is 0.216. The Balaban J connectivity index is 1.39. The van der Waals surface area contributed by atoms with E-state index in [-0.39, 0.29) is 32.2 Å². The number of carbonyl (C=O) groups is 3. The Kier molecular flexibility index (Phi) is 10.8. The molecule has 12 nitrogen and oxygen atoms in total. The molecule has 3 aliphatic heterocycles. The molecule has 12 heteroatoms. The molecule has 4 rings (SSSR count). The first-order chi connectivity index (χ1) is 20.9. The average Bonchev–Trinajstić information content (AvgIpc) is 3.49. The molecular weight excluding hydrogens is 588 g/mol. The third kappa shape index (κ3) is 8.88. The summed E-state index contributed by atoms with van der Waals surface area (Å²) in [4.78, 5) is 38.9. The molecule has 252 valence electrons. The molecule has 0 amide bonds. The van der Waals surface area contributed by atoms with Gasteiger partial charge < -0.3 is 42.6 Å². The van der Waals surface area contributed by atoms with Gasteiger partial charge >= 0.3 is 11.9 Å². The Morgan fingerprint density at radius 1 is 0.867 bits per heavy atom. The maximum absolute atomic E-state index is 13.7. The number of ketones is 1. The molecule has 0 radical (unpaired) electrons. The number of hydrogen-bond donors (Lipinski definition) is 0. The summed E-state index contributed by atoms with van der Waals surface area (Å²) in [5.41, 5.74) is -1.44. The molecule has 0 bridgehead atoms. The molecule has 3 heterocycles. The number of carbonyl (C=O) groups excluding carboxylic acids is 3. The average molecular weight is 637 g/mol. The van der Waals surface area contributed by atoms with Crippen molar-refractivity contribution in [1.82, 2.24) is 0 Å². The van der Waals surface area contributed by atoms with Crippen molar-refractivity contribution in [2.45, 2.75) is 123 Å². The van der Waals surface area contributed by atoms with Gasteiger partial charge in [-0.3, -0.25) is 9.59 Å². The summed E-state index contributed by atoms with van der Waals surface area (Å²) in [6, 6.07) is 8.63. The highest BCUT2D eigenvalue weighted by Crippen LogP contribution is 2.44. The van der Waals surface area contributed by atoms with Crippen LogP contribution in [0.25, 0.3) is 0 Å². The van der Waals surface area contributed by atoms with E-state index in [1.165, 1.54) is 6.92 Å². The van der Waals surface area contributed by atoms with Gasteiger partial charge in [0, 0.05) is 5.56 Å². The fourth-order valence-corrected chi connectivity index (χ4v) is 5.10. The second-order valence-electron chi connectivity index (χ2n) is 13.6. The predicted octanol–water partition coefficient (Wildman–Crippen LogP) is 3.97. The van der Waals surface area contributed by atoms with Crippen molar-refractivity contribution in [1.29, 1.82) is 0 Å². The van der Waals surface area contributed by atoms with Gasteiger partial charge in [-0.25, -0.2) is 4.79 Å². The topological polar surface area (TPSA) is 134 Å². The van der Waals surface area contributed by atoms with Crippen LogP contribution in [0.1, 0.15) is 79.1 Å². The van der Waals surface area contributed by atoms with E-state index in [1.807, 2.05) is 20.8 Å². The molecule has 3 saturated heterocycles. The number of hydrogen-bond acceptors (Lipinski definition) is 12. The van der Waals surface area contributed by atoms with Crippen molar-refractivity contribution in [3.63, 3.8) is 0 Å². The van der Waals surface area contributed by atoms with Crippen molar-refractivity contribution < 1.29 is 57.0 Å². The molecule has 3 fully saturated rings. The lowest BCUT2D eigenvalue weighted by atomic mass is 9.92. The molecule has 0 aromatic heterocycles. The normalized spacial score (nSPS) is 28.8. The van der Waals surface area contributed by atoms with Crippen molar-refractivity contribution in [2.75, 3.05) is 26.4 Å². The van der Waals surface area contributed by atoms with Gasteiger partial charge in [-0.15, -0.1) is 0 Å². The number of benzene rings is 1. The van der Waals surface area contributed by atoms with Gasteiger partial charge in [-0.2, -0.15) is 0 Å². The van der Waals surface area contributed by atoms with Crippen molar-refractivity contribution >= 4 is 17.7 Å². The van der Waals surface area contributed by atoms with Crippen LogP contribution in [-0.4, -0.2) is 98.1 Å². The lowest BCUT2D eigenvalue weighted by Crippen LogP contribution is -2.56. The van der Waals surface area contributed by atoms with Crippen LogP contribution in [0.3, 0.4) is 0 Å². The van der Waals surface area contributed by atoms with E-state index in [0.29, 0.717) is 12.0 Å². The maximum atomic E-state index is 13.7. The van der Waals surface area contributed by atoms with E-state index in [0.717, 1.165) is 0 Å². The molecule has 0 N–H and O–H groups in total. The Morgan fingerprint density at radius 3 is 2.16 bits per heavy atom. The first-order valence-corrected chi connectivity index (χ1v) is 15.5. The summed E-state index contributed by atoms with van der Waals surface area (Å²) in [5.74, 6) is -3.44. The van der Waals surface area contributed by atoms with E-state index >= 15 is 0 Å². The van der Waals surface area contributed by atoms with E-state index < -0.39 is 71.3 Å². The first kappa shape index (κ1) is 35.4. The Hall–Kier alpha value is -2.45. The monoisotopic (exact) mass is 636 g/mol. The number of Topliss-reactive ketones (excluding diaryl/α,β-unsaturated/α-hetero) is 1. The first-order valence-electron chi connectivity index (χ1n) is 15.5. The molecule has 7 atom stereocenters. The van der Waals surface area contributed by atoms with Crippen molar-refractivity contribution in [2.24, 2.45) is 5.41 Å². The molecule has 45 heavy (non-hydrogen) atoms. The Bertz CT molecular complexity index is 1200. The molecule has 1 aromatic rings. The van der Waals surface area contributed by atoms with E-state index in [4.69, 9.17) is 42.6 Å². The van der Waals surface area contributed by atoms with Gasteiger partial charge in [0.05, 0.1) is 12.2 Å². The summed E-state index contributed by atoms with van der Waals surface area (Å²) in [5, 5.41) is 0. The van der Waals surface area contributed by atoms with Gasteiger partial charge in [-0.1, -0.05) is 37.3 Å². The summed E-state index contributed by atoms with van der Waals surface area (Å²) < 4.78 is 53.3. The zero-order valence-corrected chi connectivity index (χ0v) is 27.8. The van der Waals surface area contributed by atoms with Crippen LogP contribution in [0.5, 0.6) is 0 Å². The lowest BCUT2D eigenvalue weighted by molar-refractivity contribution is -0.244. The van der Waals surface area contributed by atoms with Gasteiger partial charge in [0.25, 0.3) is 0 Å². The molecule has 0 saturated carbocycles. The maximum Gasteiger partial charge on any atom is 0.335 e. The Morgan fingerprint density at radius 2 is 1.49 bits per heavy atom. The third-order valence-corrected chi connectivity index (χ3v) is 8.18. The summed E-state index contributed by atoms with van der Waals surface area (Å²) >= 11 is 0. The standard InChI is InChI=1S/C33H48O12/c1-10-30(3,4)40-19-33(9,18-39-27(35)20(2)37-16-22(34)21-14-12-11-13-15-21)29(36)38-17-23-24-25(43-31(5,6)42-24)26-28(41-23)45-32(7,8)44-26/h11-15,20,23-26,28H,10,16-19H2,1-9H3/t20?,23?,24?,25?,26-,28?,33?/m0/s1. The second-order valence-corrected chi connectivity index (χ2v) is 13.6. The highest BCUT2D eigenvalue weighted by Gasteiger charge is 2.61. The number of ether oxygens (including phenoxy) is 9. The molecule has 6 unspecified atom stereocenters. The van der Waals surface area contributed by atoms with Crippen molar-refractivity contribution in [3.8, 4) is 0 Å². The van der Waals surface area contributed by atoms with Gasteiger partial charge in [0.2, 0.25) is 0 Å². The number of rotatable bonds is 14. The number of esters is 2. The number of fused-ring (bicyclic) bond motifs is 3. The fourth-order valence-electron chi connectivity index (χ4n) is 5.10. The van der Waals surface area contributed by atoms with E-state index in [1.54, 1.807) is 65.0 Å². The molecule has 3 aliphatic rings. The minimum atomic E-state index is -1.38.